The van der Waals surface area contributed by atoms with Crippen molar-refractivity contribution in [2.24, 2.45) is 0 Å². The second kappa shape index (κ2) is 20.2. The number of amides is 4. The summed E-state index contributed by atoms with van der Waals surface area (Å²) < 4.78 is 47.6. The first-order valence-corrected chi connectivity index (χ1v) is 22.0. The molecule has 5 aromatic rings. The van der Waals surface area contributed by atoms with Gasteiger partial charge >= 0.3 is 0 Å². The Balaban J connectivity index is 0.771. The number of benzene rings is 3. The van der Waals surface area contributed by atoms with Gasteiger partial charge in [0.1, 0.15) is 5.82 Å². The van der Waals surface area contributed by atoms with E-state index >= 15 is 4.39 Å². The third-order valence-corrected chi connectivity index (χ3v) is 12.4. The van der Waals surface area contributed by atoms with Crippen molar-refractivity contribution in [1.29, 1.82) is 0 Å². The Hall–Kier alpha value is -6.46. The van der Waals surface area contributed by atoms with Crippen molar-refractivity contribution >= 4 is 40.1 Å². The Morgan fingerprint density at radius 1 is 0.769 bits per heavy atom. The van der Waals surface area contributed by atoms with Crippen LogP contribution in [0.25, 0.3) is 21.9 Å². The van der Waals surface area contributed by atoms with Crippen LogP contribution in [0.5, 0.6) is 0 Å². The lowest BCUT2D eigenvalue weighted by molar-refractivity contribution is -0.135. The average molecular weight is 893 g/mol. The van der Waals surface area contributed by atoms with Crippen molar-refractivity contribution < 1.29 is 37.1 Å². The molecule has 3 fully saturated rings. The zero-order valence-corrected chi connectivity index (χ0v) is 36.1. The summed E-state index contributed by atoms with van der Waals surface area (Å²) in [6, 6.07) is 19.9. The normalized spacial score (nSPS) is 16.6. The maximum absolute atomic E-state index is 15.0. The number of ether oxygens (including phenoxy) is 1. The lowest BCUT2D eigenvalue weighted by Gasteiger charge is -2.38. The van der Waals surface area contributed by atoms with Crippen LogP contribution in [0, 0.1) is 5.82 Å². The molecule has 0 radical (unpaired) electrons. The van der Waals surface area contributed by atoms with Crippen LogP contribution in [0.15, 0.2) is 83.8 Å². The fraction of sp³-hybridized carbons (Fsp3) is 0.396. The van der Waals surface area contributed by atoms with E-state index in [2.05, 4.69) is 25.4 Å². The van der Waals surface area contributed by atoms with Crippen LogP contribution >= 0.6 is 0 Å². The minimum absolute atomic E-state index is 0.0211. The number of aromatic nitrogens is 3. The summed E-state index contributed by atoms with van der Waals surface area (Å²) in [7, 11) is 0. The van der Waals surface area contributed by atoms with Crippen molar-refractivity contribution in [3.05, 3.63) is 123 Å². The fourth-order valence-electron chi connectivity index (χ4n) is 8.92. The Morgan fingerprint density at radius 2 is 1.45 bits per heavy atom. The van der Waals surface area contributed by atoms with E-state index in [1.807, 2.05) is 12.1 Å². The topological polar surface area (TPSA) is 161 Å². The summed E-state index contributed by atoms with van der Waals surface area (Å²) in [5, 5.41) is 10.6. The number of hydrogen-bond acceptors (Lipinski definition) is 9. The summed E-state index contributed by atoms with van der Waals surface area (Å²) >= 11 is 0. The summed E-state index contributed by atoms with van der Waals surface area (Å²) in [6.45, 7) is 5.12. The van der Waals surface area contributed by atoms with Crippen LogP contribution in [0.1, 0.15) is 70.3 Å². The molecule has 3 aliphatic rings. The zero-order chi connectivity index (χ0) is 45.6. The third kappa shape index (κ3) is 10.9. The second-order valence-electron chi connectivity index (χ2n) is 16.9. The summed E-state index contributed by atoms with van der Waals surface area (Å²) in [5.41, 5.74) is 3.00. The van der Waals surface area contributed by atoms with Gasteiger partial charge in [-0.15, -0.1) is 0 Å². The number of carbonyl (C=O) groups excluding carboxylic acids is 4. The molecule has 65 heavy (non-hydrogen) atoms. The van der Waals surface area contributed by atoms with Gasteiger partial charge in [0.2, 0.25) is 18.2 Å². The SMILES string of the molecule is CC(=O)Nc1cc(-c2cccc(CC(F)F)c2)cnc1C(=O)N1CCC(OC2CCN(CC(=O)N3CCN(C(=O)c4cc(Cc5n[nH]c(=O)c6ccccc56)ccc4F)CC3)CC2)CC1. The summed E-state index contributed by atoms with van der Waals surface area (Å²) in [5.74, 6) is -1.78. The molecule has 0 atom stereocenters. The molecule has 5 heterocycles. The summed E-state index contributed by atoms with van der Waals surface area (Å²) in [6.07, 6.45) is 1.71. The molecule has 4 amide bonds. The van der Waals surface area contributed by atoms with Crippen LogP contribution in [0.4, 0.5) is 18.9 Å². The first-order valence-electron chi connectivity index (χ1n) is 22.0. The number of piperidine rings is 2. The molecule has 0 aliphatic carbocycles. The van der Waals surface area contributed by atoms with E-state index in [-0.39, 0.29) is 78.5 Å². The average Bonchev–Trinajstić information content (AvgIpc) is 3.31. The highest BCUT2D eigenvalue weighted by Gasteiger charge is 2.32. The van der Waals surface area contributed by atoms with Gasteiger partial charge in [0.05, 0.1) is 41.1 Å². The maximum Gasteiger partial charge on any atom is 0.274 e. The van der Waals surface area contributed by atoms with Crippen LogP contribution in [-0.2, 0) is 27.2 Å². The number of H-pyrrole nitrogens is 1. The highest BCUT2D eigenvalue weighted by molar-refractivity contribution is 6.02. The van der Waals surface area contributed by atoms with Gasteiger partial charge in [-0.05, 0) is 66.6 Å². The number of rotatable bonds is 12. The van der Waals surface area contributed by atoms with Crippen molar-refractivity contribution in [2.45, 2.75) is 64.1 Å². The van der Waals surface area contributed by atoms with E-state index in [1.165, 1.54) is 25.3 Å². The Morgan fingerprint density at radius 3 is 2.15 bits per heavy atom. The van der Waals surface area contributed by atoms with E-state index in [4.69, 9.17) is 4.74 Å². The quantitative estimate of drug-likeness (QED) is 0.164. The number of piperazine rings is 1. The predicted octanol–water partition coefficient (Wildman–Crippen LogP) is 5.55. The minimum Gasteiger partial charge on any atom is -0.375 e. The molecule has 340 valence electrons. The number of pyridine rings is 1. The van der Waals surface area contributed by atoms with E-state index < -0.39 is 18.1 Å². The largest absolute Gasteiger partial charge is 0.375 e. The summed E-state index contributed by atoms with van der Waals surface area (Å²) in [4.78, 5) is 76.5. The molecule has 17 heteroatoms. The molecule has 3 aromatic carbocycles. The minimum atomic E-state index is -2.48. The van der Waals surface area contributed by atoms with Crippen molar-refractivity contribution in [2.75, 3.05) is 64.2 Å². The zero-order valence-electron chi connectivity index (χ0n) is 36.1. The molecule has 0 saturated carbocycles. The molecule has 8 rings (SSSR count). The first kappa shape index (κ1) is 45.1. The van der Waals surface area contributed by atoms with Gasteiger partial charge in [0, 0.05) is 89.3 Å². The van der Waals surface area contributed by atoms with E-state index in [0.717, 1.165) is 12.8 Å². The van der Waals surface area contributed by atoms with Gasteiger partial charge in [0.15, 0.2) is 5.69 Å². The van der Waals surface area contributed by atoms with Crippen molar-refractivity contribution in [1.82, 2.24) is 34.8 Å². The van der Waals surface area contributed by atoms with Crippen LogP contribution < -0.4 is 10.9 Å². The van der Waals surface area contributed by atoms with E-state index in [1.54, 1.807) is 63.2 Å². The predicted molar refractivity (Wildman–Crippen MR) is 237 cm³/mol. The molecule has 3 saturated heterocycles. The maximum atomic E-state index is 15.0. The standard InChI is InChI=1S/C48H51F3N8O6/c1-30(60)53-42-27-34(33-6-4-5-31(23-33)26-43(50)51)28-52-45(42)48(64)58-17-13-36(14-18-58)65-35-11-15-56(16-12-35)29-44(61)57-19-21-59(22-20-57)47(63)39-24-32(9-10-40(39)49)25-41-37-7-2-3-8-38(37)46(62)55-54-41/h2-10,23-24,27-28,35-36,43H,11-22,25-26,29H2,1H3,(H,53,60)(H,55,62). The molecule has 0 spiro atoms. The van der Waals surface area contributed by atoms with Crippen LogP contribution in [0.3, 0.4) is 0 Å². The van der Waals surface area contributed by atoms with Gasteiger partial charge in [-0.3, -0.25) is 28.9 Å². The number of alkyl halides is 2. The van der Waals surface area contributed by atoms with Crippen molar-refractivity contribution in [3.8, 4) is 11.1 Å². The first-order chi connectivity index (χ1) is 31.4. The highest BCUT2D eigenvalue weighted by Crippen LogP contribution is 2.29. The Labute approximate surface area is 373 Å². The number of likely N-dealkylation sites (tertiary alicyclic amines) is 2. The highest BCUT2D eigenvalue weighted by atomic mass is 19.3. The number of nitrogens with zero attached hydrogens (tertiary/aromatic N) is 6. The van der Waals surface area contributed by atoms with Gasteiger partial charge in [-0.2, -0.15) is 5.10 Å². The van der Waals surface area contributed by atoms with Crippen LogP contribution in [0.2, 0.25) is 0 Å². The Bertz CT molecular complexity index is 2620. The second-order valence-corrected chi connectivity index (χ2v) is 16.9. The number of aromatic amines is 1. The van der Waals surface area contributed by atoms with E-state index in [9.17, 15) is 32.8 Å². The van der Waals surface area contributed by atoms with Crippen molar-refractivity contribution in [3.63, 3.8) is 0 Å². The molecule has 2 N–H and O–H groups in total. The lowest BCUT2D eigenvalue weighted by atomic mass is 10.0. The van der Waals surface area contributed by atoms with Gasteiger partial charge < -0.3 is 24.8 Å². The number of anilines is 1. The molecule has 3 aliphatic heterocycles. The smallest absolute Gasteiger partial charge is 0.274 e. The molecule has 0 bridgehead atoms. The van der Waals surface area contributed by atoms with Gasteiger partial charge in [0.25, 0.3) is 17.4 Å². The van der Waals surface area contributed by atoms with Gasteiger partial charge in [-0.1, -0.05) is 48.5 Å². The van der Waals surface area contributed by atoms with E-state index in [0.29, 0.717) is 97.3 Å². The molecular weight excluding hydrogens is 842 g/mol. The number of nitrogens with one attached hydrogen (secondary N) is 2. The number of fused-ring (bicyclic) bond motifs is 1. The molecular formula is C48H51F3N8O6. The number of hydrogen-bond donors (Lipinski definition) is 2. The fourth-order valence-corrected chi connectivity index (χ4v) is 8.92. The molecule has 2 aromatic heterocycles. The lowest BCUT2D eigenvalue weighted by Crippen LogP contribution is -2.53. The van der Waals surface area contributed by atoms with Gasteiger partial charge in [-0.25, -0.2) is 23.3 Å². The Kier molecular flexibility index (Phi) is 14.0. The third-order valence-electron chi connectivity index (χ3n) is 12.4. The van der Waals surface area contributed by atoms with Crippen LogP contribution in [-0.4, -0.2) is 136 Å². The molecule has 14 nitrogen and oxygen atoms in total. The molecule has 0 unspecified atom stereocenters. The number of carbonyl (C=O) groups is 4. The number of halogens is 3. The monoisotopic (exact) mass is 892 g/mol.